The first-order valence-electron chi connectivity index (χ1n) is 10.6. The molecule has 4 rings (SSSR count). The Bertz CT molecular complexity index is 1620. The van der Waals surface area contributed by atoms with Crippen LogP contribution in [0.3, 0.4) is 0 Å². The first-order valence-corrected chi connectivity index (χ1v) is 11.3. The van der Waals surface area contributed by atoms with Crippen LogP contribution in [-0.4, -0.2) is 55.2 Å². The molecule has 0 fully saturated rings. The second-order valence-electron chi connectivity index (χ2n) is 7.87. The molecule has 0 saturated heterocycles. The van der Waals surface area contributed by atoms with Crippen molar-refractivity contribution in [2.75, 3.05) is 23.9 Å². The van der Waals surface area contributed by atoms with Crippen LogP contribution >= 0.6 is 23.2 Å². The molecule has 0 aliphatic carbocycles. The maximum absolute atomic E-state index is 13.1. The molecule has 15 heteroatoms. The number of Topliss-reactive ketones (excluding diaryl/α,β-unsaturated/α-hetero) is 1. The van der Waals surface area contributed by atoms with Gasteiger partial charge in [-0.15, -0.1) is 10.2 Å². The monoisotopic (exact) mass is 544 g/mol. The number of amides is 2. The number of benzene rings is 2. The van der Waals surface area contributed by atoms with E-state index < -0.39 is 34.4 Å². The lowest BCUT2D eigenvalue weighted by molar-refractivity contribution is -0.384. The van der Waals surface area contributed by atoms with Crippen molar-refractivity contribution in [1.82, 2.24) is 24.4 Å². The van der Waals surface area contributed by atoms with Gasteiger partial charge in [-0.2, -0.15) is 4.52 Å². The Kier molecular flexibility index (Phi) is 6.92. The van der Waals surface area contributed by atoms with Crippen molar-refractivity contribution in [3.63, 3.8) is 0 Å². The summed E-state index contributed by atoms with van der Waals surface area (Å²) in [6.45, 7) is 0. The molecule has 2 aromatic carbocycles. The standard InChI is InChI=1S/C22H18Cl2N8O5/c1-28(13-9-7-12(23)8-10-13)22(35)29(2)21-27-26-20-25-15(19(34)30(3)31(20)21)11-17(33)14-5-4-6-16(18(14)24)32(36)37/h4-10H,11H2,1-3H3. The molecule has 0 radical (unpaired) electrons. The van der Waals surface area contributed by atoms with E-state index in [1.54, 1.807) is 31.3 Å². The van der Waals surface area contributed by atoms with Gasteiger partial charge < -0.3 is 0 Å². The number of fused-ring (bicyclic) bond motifs is 1. The minimum absolute atomic E-state index is 0.00696. The highest BCUT2D eigenvalue weighted by Gasteiger charge is 2.26. The fourth-order valence-corrected chi connectivity index (χ4v) is 4.01. The lowest BCUT2D eigenvalue weighted by Crippen LogP contribution is -2.41. The van der Waals surface area contributed by atoms with Gasteiger partial charge in [0.15, 0.2) is 5.78 Å². The Hall–Kier alpha value is -4.36. The quantitative estimate of drug-likeness (QED) is 0.204. The fourth-order valence-electron chi connectivity index (χ4n) is 3.58. The summed E-state index contributed by atoms with van der Waals surface area (Å²) in [5.74, 6) is -0.675. The number of aryl methyl sites for hydroxylation is 1. The molecule has 2 aromatic heterocycles. The van der Waals surface area contributed by atoms with Gasteiger partial charge in [0.05, 0.1) is 11.3 Å². The lowest BCUT2D eigenvalue weighted by atomic mass is 10.1. The number of carbonyl (C=O) groups excluding carboxylic acids is 2. The van der Waals surface area contributed by atoms with Gasteiger partial charge in [0.2, 0.25) is 0 Å². The molecular formula is C22H18Cl2N8O5. The van der Waals surface area contributed by atoms with Crippen LogP contribution in [0.1, 0.15) is 16.1 Å². The average molecular weight is 545 g/mol. The van der Waals surface area contributed by atoms with Gasteiger partial charge in [-0.25, -0.2) is 14.5 Å². The summed E-state index contributed by atoms with van der Waals surface area (Å²) in [5, 5.41) is 19.3. The number of ketones is 1. The van der Waals surface area contributed by atoms with Crippen molar-refractivity contribution in [2.45, 2.75) is 6.42 Å². The summed E-state index contributed by atoms with van der Waals surface area (Å²) in [5.41, 5.74) is -0.800. The molecule has 0 saturated carbocycles. The Morgan fingerprint density at radius 3 is 2.38 bits per heavy atom. The van der Waals surface area contributed by atoms with Crippen molar-refractivity contribution in [1.29, 1.82) is 0 Å². The first kappa shape index (κ1) is 25.7. The third-order valence-corrected chi connectivity index (χ3v) is 6.22. The maximum Gasteiger partial charge on any atom is 0.330 e. The van der Waals surface area contributed by atoms with E-state index in [4.69, 9.17) is 23.2 Å². The third kappa shape index (κ3) is 4.73. The number of anilines is 2. The fraction of sp³-hybridized carbons (Fsp3) is 0.182. The molecule has 0 aliphatic heterocycles. The number of hydrogen-bond acceptors (Lipinski definition) is 8. The molecule has 0 spiro atoms. The van der Waals surface area contributed by atoms with E-state index in [0.29, 0.717) is 10.7 Å². The van der Waals surface area contributed by atoms with E-state index in [2.05, 4.69) is 15.2 Å². The first-order chi connectivity index (χ1) is 17.5. The van der Waals surface area contributed by atoms with E-state index in [9.17, 15) is 24.5 Å². The molecule has 0 N–H and O–H groups in total. The highest BCUT2D eigenvalue weighted by Crippen LogP contribution is 2.28. The number of urea groups is 1. The zero-order valence-corrected chi connectivity index (χ0v) is 21.1. The number of nitro benzene ring substituents is 1. The molecule has 2 heterocycles. The largest absolute Gasteiger partial charge is 0.330 e. The highest BCUT2D eigenvalue weighted by atomic mass is 35.5. The number of nitro groups is 1. The minimum Gasteiger partial charge on any atom is -0.297 e. The van der Waals surface area contributed by atoms with Gasteiger partial charge in [-0.05, 0) is 30.3 Å². The Balaban J connectivity index is 1.66. The van der Waals surface area contributed by atoms with Gasteiger partial charge >= 0.3 is 6.03 Å². The lowest BCUT2D eigenvalue weighted by Gasteiger charge is -2.23. The zero-order chi connectivity index (χ0) is 27.0. The zero-order valence-electron chi connectivity index (χ0n) is 19.6. The summed E-state index contributed by atoms with van der Waals surface area (Å²) in [6, 6.07) is 9.97. The van der Waals surface area contributed by atoms with E-state index in [0.717, 1.165) is 4.68 Å². The van der Waals surface area contributed by atoms with Crippen molar-refractivity contribution in [3.05, 3.63) is 84.2 Å². The van der Waals surface area contributed by atoms with Crippen LogP contribution in [0.5, 0.6) is 0 Å². The SMILES string of the molecule is CN(C(=O)N(C)c1nnc2nc(CC(=O)c3cccc([N+](=O)[O-])c3Cl)c(=O)n(C)n12)c1ccc(Cl)cc1. The third-order valence-electron chi connectivity index (χ3n) is 5.57. The Labute approximate surface area is 218 Å². The van der Waals surface area contributed by atoms with Crippen LogP contribution < -0.4 is 15.4 Å². The predicted molar refractivity (Wildman–Crippen MR) is 136 cm³/mol. The Morgan fingerprint density at radius 2 is 1.73 bits per heavy atom. The van der Waals surface area contributed by atoms with Crippen LogP contribution in [-0.2, 0) is 13.5 Å². The molecule has 2 amide bonds. The van der Waals surface area contributed by atoms with E-state index in [1.165, 1.54) is 46.6 Å². The van der Waals surface area contributed by atoms with Crippen LogP contribution in [0, 0.1) is 10.1 Å². The van der Waals surface area contributed by atoms with Gasteiger partial charge in [-0.3, -0.25) is 29.5 Å². The van der Waals surface area contributed by atoms with Crippen LogP contribution in [0.15, 0.2) is 47.3 Å². The smallest absolute Gasteiger partial charge is 0.297 e. The second-order valence-corrected chi connectivity index (χ2v) is 8.69. The van der Waals surface area contributed by atoms with E-state index >= 15 is 0 Å². The van der Waals surface area contributed by atoms with Gasteiger partial charge in [0.25, 0.3) is 23.0 Å². The second kappa shape index (κ2) is 9.95. The molecule has 0 atom stereocenters. The summed E-state index contributed by atoms with van der Waals surface area (Å²) in [6.07, 6.45) is -0.486. The molecule has 13 nitrogen and oxygen atoms in total. The molecular weight excluding hydrogens is 527 g/mol. The summed E-state index contributed by atoms with van der Waals surface area (Å²) in [7, 11) is 4.42. The average Bonchev–Trinajstić information content (AvgIpc) is 3.30. The van der Waals surface area contributed by atoms with Crippen LogP contribution in [0.2, 0.25) is 10.0 Å². The molecule has 190 valence electrons. The maximum atomic E-state index is 13.1. The minimum atomic E-state index is -0.706. The van der Waals surface area contributed by atoms with Crippen LogP contribution in [0.4, 0.5) is 22.1 Å². The van der Waals surface area contributed by atoms with E-state index in [-0.39, 0.29) is 28.0 Å². The normalized spacial score (nSPS) is 10.9. The predicted octanol–water partition coefficient (Wildman–Crippen LogP) is 3.16. The molecule has 4 aromatic rings. The number of halogens is 2. The van der Waals surface area contributed by atoms with Gasteiger partial charge in [0, 0.05) is 43.5 Å². The highest BCUT2D eigenvalue weighted by molar-refractivity contribution is 6.36. The summed E-state index contributed by atoms with van der Waals surface area (Å²) < 4.78 is 2.34. The Morgan fingerprint density at radius 1 is 1.05 bits per heavy atom. The summed E-state index contributed by atoms with van der Waals surface area (Å²) in [4.78, 5) is 56.1. The summed E-state index contributed by atoms with van der Waals surface area (Å²) >= 11 is 11.9. The molecule has 0 bridgehead atoms. The van der Waals surface area contributed by atoms with Gasteiger partial charge in [-0.1, -0.05) is 29.3 Å². The van der Waals surface area contributed by atoms with Crippen molar-refractivity contribution in [3.8, 4) is 0 Å². The van der Waals surface area contributed by atoms with Crippen molar-refractivity contribution in [2.24, 2.45) is 7.05 Å². The number of nitrogens with zero attached hydrogens (tertiary/aromatic N) is 8. The molecule has 37 heavy (non-hydrogen) atoms. The van der Waals surface area contributed by atoms with Crippen molar-refractivity contribution >= 4 is 58.1 Å². The van der Waals surface area contributed by atoms with E-state index in [1.807, 2.05) is 0 Å². The van der Waals surface area contributed by atoms with Crippen LogP contribution in [0.25, 0.3) is 5.78 Å². The number of carbonyl (C=O) groups is 2. The topological polar surface area (TPSA) is 149 Å². The number of hydrogen-bond donors (Lipinski definition) is 0. The van der Waals surface area contributed by atoms with Crippen molar-refractivity contribution < 1.29 is 14.5 Å². The molecule has 0 aliphatic rings. The molecule has 0 unspecified atom stereocenters. The number of rotatable bonds is 6. The number of aromatic nitrogens is 5. The van der Waals surface area contributed by atoms with Gasteiger partial charge in [0.1, 0.15) is 10.7 Å².